The molecule has 0 aliphatic rings. The number of carbonyl (C=O) groups is 3. The van der Waals surface area contributed by atoms with Crippen molar-refractivity contribution >= 4 is 17.7 Å². The molecule has 0 saturated heterocycles. The van der Waals surface area contributed by atoms with Gasteiger partial charge in [-0.05, 0) is 0 Å². The Balaban J connectivity index is 0. The molecule has 0 aliphatic carbocycles. The Labute approximate surface area is 113 Å². The summed E-state index contributed by atoms with van der Waals surface area (Å²) in [6.45, 7) is 0.668. The highest BCUT2D eigenvalue weighted by Crippen LogP contribution is 2.04. The van der Waals surface area contributed by atoms with E-state index in [4.69, 9.17) is 35.7 Å². The molecule has 0 amide bonds. The minimum atomic E-state index is -2.20. The van der Waals surface area contributed by atoms with Crippen molar-refractivity contribution in [3.05, 3.63) is 0 Å². The van der Waals surface area contributed by atoms with Crippen LogP contribution in [0.15, 0.2) is 0 Å². The molecule has 10 heteroatoms. The number of carboxylic acids is 2. The largest absolute Gasteiger partial charge is 0.479 e. The Hall–Kier alpha value is -1.59. The lowest BCUT2D eigenvalue weighted by atomic mass is 10.0. The first-order valence-corrected chi connectivity index (χ1v) is 5.42. The van der Waals surface area contributed by atoms with E-state index in [1.807, 2.05) is 0 Å². The van der Waals surface area contributed by atoms with Crippen molar-refractivity contribution in [3.63, 3.8) is 0 Å². The lowest BCUT2D eigenvalue weighted by Gasteiger charge is -2.23. The van der Waals surface area contributed by atoms with E-state index in [2.05, 4.69) is 0 Å². The average molecular weight is 298 g/mol. The van der Waals surface area contributed by atoms with Gasteiger partial charge >= 0.3 is 11.9 Å². The Morgan fingerprint density at radius 3 is 1.60 bits per heavy atom. The van der Waals surface area contributed by atoms with Gasteiger partial charge in [-0.25, -0.2) is 9.59 Å². The van der Waals surface area contributed by atoms with E-state index >= 15 is 0 Å². The number of aliphatic hydroxyl groups is 5. The van der Waals surface area contributed by atoms with Gasteiger partial charge < -0.3 is 35.7 Å². The number of hydrogen-bond acceptors (Lipinski definition) is 8. The van der Waals surface area contributed by atoms with Gasteiger partial charge in [-0.15, -0.1) is 0 Å². The molecule has 0 aromatic carbocycles. The summed E-state index contributed by atoms with van der Waals surface area (Å²) in [5.74, 6) is -3.81. The third kappa shape index (κ3) is 7.76. The molecule has 0 rings (SSSR count). The molecular formula is C10H18O10. The highest BCUT2D eigenvalue weighted by molar-refractivity contribution is 6.32. The second-order valence-corrected chi connectivity index (χ2v) is 3.60. The Morgan fingerprint density at radius 2 is 1.40 bits per heavy atom. The Morgan fingerprint density at radius 1 is 0.950 bits per heavy atom. The van der Waals surface area contributed by atoms with Crippen LogP contribution >= 0.6 is 0 Å². The molecule has 0 bridgehead atoms. The topological polar surface area (TPSA) is 193 Å². The van der Waals surface area contributed by atoms with E-state index in [-0.39, 0.29) is 6.42 Å². The van der Waals surface area contributed by atoms with E-state index in [1.54, 1.807) is 0 Å². The molecule has 10 nitrogen and oxygen atoms in total. The quantitative estimate of drug-likeness (QED) is 0.232. The van der Waals surface area contributed by atoms with Gasteiger partial charge in [-0.2, -0.15) is 0 Å². The molecule has 0 aromatic rings. The van der Waals surface area contributed by atoms with Gasteiger partial charge in [0.2, 0.25) is 5.78 Å². The van der Waals surface area contributed by atoms with Crippen LogP contribution in [0.25, 0.3) is 0 Å². The van der Waals surface area contributed by atoms with E-state index < -0.39 is 48.7 Å². The maximum Gasteiger partial charge on any atom is 0.372 e. The Kier molecular flexibility index (Phi) is 10.6. The summed E-state index contributed by atoms with van der Waals surface area (Å²) in [5.41, 5.74) is 0. The van der Waals surface area contributed by atoms with Gasteiger partial charge in [0, 0.05) is 6.42 Å². The Bertz CT molecular complexity index is 328. The van der Waals surface area contributed by atoms with E-state index in [1.165, 1.54) is 6.92 Å². The second kappa shape index (κ2) is 10.2. The summed E-state index contributed by atoms with van der Waals surface area (Å²) in [7, 11) is 0. The molecule has 118 valence electrons. The molecule has 4 atom stereocenters. The van der Waals surface area contributed by atoms with Gasteiger partial charge in [0.15, 0.2) is 6.10 Å². The summed E-state index contributed by atoms with van der Waals surface area (Å²) in [6, 6.07) is 0. The summed E-state index contributed by atoms with van der Waals surface area (Å²) < 4.78 is 0. The highest BCUT2D eigenvalue weighted by Gasteiger charge is 2.33. The molecule has 20 heavy (non-hydrogen) atoms. The van der Waals surface area contributed by atoms with Gasteiger partial charge in [0.1, 0.15) is 18.3 Å². The average Bonchev–Trinajstić information content (AvgIpc) is 2.43. The minimum absolute atomic E-state index is 0.0787. The van der Waals surface area contributed by atoms with Gasteiger partial charge in [-0.3, -0.25) is 4.79 Å². The lowest BCUT2D eigenvalue weighted by molar-refractivity contribution is -0.164. The van der Waals surface area contributed by atoms with Gasteiger partial charge in [0.05, 0.1) is 6.61 Å². The maximum atomic E-state index is 10.1. The van der Waals surface area contributed by atoms with Crippen molar-refractivity contribution in [2.45, 2.75) is 37.8 Å². The first-order chi connectivity index (χ1) is 9.09. The smallest absolute Gasteiger partial charge is 0.372 e. The zero-order valence-corrected chi connectivity index (χ0v) is 10.6. The van der Waals surface area contributed by atoms with Crippen molar-refractivity contribution in [2.24, 2.45) is 0 Å². The van der Waals surface area contributed by atoms with Crippen LogP contribution in [0.5, 0.6) is 0 Å². The third-order valence-electron chi connectivity index (χ3n) is 2.07. The van der Waals surface area contributed by atoms with Gasteiger partial charge in [0.25, 0.3) is 0 Å². The number of carbonyl (C=O) groups excluding carboxylic acids is 1. The summed E-state index contributed by atoms with van der Waals surface area (Å²) in [5, 5.41) is 59.6. The zero-order valence-electron chi connectivity index (χ0n) is 10.6. The van der Waals surface area contributed by atoms with Crippen molar-refractivity contribution < 1.29 is 50.1 Å². The van der Waals surface area contributed by atoms with E-state index in [0.717, 1.165) is 0 Å². The lowest BCUT2D eigenvalue weighted by Crippen LogP contribution is -2.48. The van der Waals surface area contributed by atoms with Crippen LogP contribution in [0.4, 0.5) is 0 Å². The predicted molar refractivity (Wildman–Crippen MR) is 61.7 cm³/mol. The molecule has 0 spiro atoms. The van der Waals surface area contributed by atoms with Crippen molar-refractivity contribution in [1.29, 1.82) is 0 Å². The molecule has 0 saturated carbocycles. The fourth-order valence-electron chi connectivity index (χ4n) is 0.820. The fraction of sp³-hybridized carbons (Fsp3) is 0.700. The zero-order chi connectivity index (χ0) is 16.5. The fourth-order valence-corrected chi connectivity index (χ4v) is 0.820. The van der Waals surface area contributed by atoms with Crippen molar-refractivity contribution in [3.8, 4) is 0 Å². The monoisotopic (exact) mass is 298 g/mol. The van der Waals surface area contributed by atoms with Crippen LogP contribution in [0, 0.1) is 0 Å². The first kappa shape index (κ1) is 20.7. The number of hydrogen-bond donors (Lipinski definition) is 7. The minimum Gasteiger partial charge on any atom is -0.479 e. The van der Waals surface area contributed by atoms with Crippen LogP contribution in [-0.2, 0) is 14.4 Å². The molecule has 0 heterocycles. The van der Waals surface area contributed by atoms with Crippen LogP contribution in [0.1, 0.15) is 13.3 Å². The van der Waals surface area contributed by atoms with Crippen molar-refractivity contribution in [2.75, 3.05) is 6.61 Å². The van der Waals surface area contributed by atoms with Crippen LogP contribution < -0.4 is 0 Å². The van der Waals surface area contributed by atoms with Crippen LogP contribution in [0.3, 0.4) is 0 Å². The first-order valence-electron chi connectivity index (χ1n) is 5.42. The number of ketones is 1. The number of carboxylic acid groups (broad SMARTS) is 2. The van der Waals surface area contributed by atoms with Crippen molar-refractivity contribution in [1.82, 2.24) is 0 Å². The van der Waals surface area contributed by atoms with E-state index in [0.29, 0.717) is 0 Å². The predicted octanol–water partition coefficient (Wildman–Crippen LogP) is -3.44. The number of Topliss-reactive ketones (excluding diaryl/α,β-unsaturated/α-hetero) is 1. The van der Waals surface area contributed by atoms with Crippen LogP contribution in [0.2, 0.25) is 0 Å². The normalized spacial score (nSPS) is 16.1. The highest BCUT2D eigenvalue weighted by atomic mass is 16.4. The summed E-state index contributed by atoms with van der Waals surface area (Å²) in [4.78, 5) is 29.6. The molecule has 0 radical (unpaired) electrons. The number of rotatable bonds is 7. The number of aliphatic carboxylic acids is 2. The van der Waals surface area contributed by atoms with Gasteiger partial charge in [-0.1, -0.05) is 6.92 Å². The summed E-state index contributed by atoms with van der Waals surface area (Å²) in [6.07, 6.45) is -7.76. The third-order valence-corrected chi connectivity index (χ3v) is 2.07. The standard InChI is InChI=1S/C6H12O7.C4H6O3/c7-1-2(8)3(9)4(10)5(11)6(12)13;1-2-3(5)4(6)7/h2-5,7-11H,1H2,(H,12,13);2H2,1H3,(H,6,7)/t2-,3-,4+,5-;/m1./s1. The molecule has 7 N–H and O–H groups in total. The summed E-state index contributed by atoms with van der Waals surface area (Å²) >= 11 is 0. The molecule has 0 unspecified atom stereocenters. The molecular weight excluding hydrogens is 280 g/mol. The molecule has 0 fully saturated rings. The maximum absolute atomic E-state index is 10.1. The SMILES string of the molecule is CCC(=O)C(=O)O.O=C(O)[C@H](O)[C@@H](O)[C@H](O)[C@H](O)CO. The van der Waals surface area contributed by atoms with Crippen LogP contribution in [-0.4, -0.2) is 84.5 Å². The second-order valence-electron chi connectivity index (χ2n) is 3.60. The molecule has 0 aliphatic heterocycles. The number of aliphatic hydroxyl groups excluding tert-OH is 5. The molecule has 0 aromatic heterocycles. The van der Waals surface area contributed by atoms with E-state index in [9.17, 15) is 14.4 Å².